The molecule has 3 aromatic carbocycles. The number of primary sulfonamides is 3. The summed E-state index contributed by atoms with van der Waals surface area (Å²) in [5.41, 5.74) is 7.78. The van der Waals surface area contributed by atoms with Crippen LogP contribution < -0.4 is 21.2 Å². The largest absolute Gasteiger partial charge is 0.369 e. The summed E-state index contributed by atoms with van der Waals surface area (Å²) in [7, 11) is -11.2. The summed E-state index contributed by atoms with van der Waals surface area (Å²) in [5.74, 6) is -1.38. The predicted octanol–water partition coefficient (Wildman–Crippen LogP) is 2.02. The molecular formula is C32H38N4O7S3. The number of carbonyl (C=O) groups excluding carboxylic acids is 1. The van der Waals surface area contributed by atoms with Gasteiger partial charge in [-0.15, -0.1) is 0 Å². The Bertz CT molecular complexity index is 1790. The summed E-state index contributed by atoms with van der Waals surface area (Å²) in [6, 6.07) is 21.6. The molecule has 3 aliphatic carbocycles. The Morgan fingerprint density at radius 3 is 0.870 bits per heavy atom. The molecule has 3 fully saturated rings. The van der Waals surface area contributed by atoms with Crippen molar-refractivity contribution in [3.05, 3.63) is 106 Å². The molecule has 0 bridgehead atoms. The summed E-state index contributed by atoms with van der Waals surface area (Å²) in [6.45, 7) is 0. The number of nitrogens with two attached hydrogens (primary N) is 4. The van der Waals surface area contributed by atoms with Crippen LogP contribution in [0.25, 0.3) is 0 Å². The summed E-state index contributed by atoms with van der Waals surface area (Å²) in [6.07, 6.45) is 4.09. The zero-order valence-corrected chi connectivity index (χ0v) is 27.6. The second-order valence-corrected chi connectivity index (χ2v) is 18.2. The summed E-state index contributed by atoms with van der Waals surface area (Å²) >= 11 is 0. The lowest BCUT2D eigenvalue weighted by Crippen LogP contribution is -2.61. The molecule has 46 heavy (non-hydrogen) atoms. The first-order chi connectivity index (χ1) is 21.4. The van der Waals surface area contributed by atoms with E-state index in [9.17, 15) is 30.0 Å². The van der Waals surface area contributed by atoms with E-state index in [1.807, 2.05) is 36.4 Å². The lowest BCUT2D eigenvalue weighted by molar-refractivity contribution is -0.136. The molecule has 0 aromatic heterocycles. The molecule has 0 radical (unpaired) electrons. The molecule has 0 spiro atoms. The first kappa shape index (κ1) is 32.8. The van der Waals surface area contributed by atoms with Gasteiger partial charge in [-0.25, -0.2) is 40.7 Å². The molecule has 0 aliphatic heterocycles. The molecule has 3 aromatic rings. The van der Waals surface area contributed by atoms with E-state index in [0.29, 0.717) is 55.2 Å². The molecule has 1 amide bonds. The van der Waals surface area contributed by atoms with Crippen molar-refractivity contribution >= 4 is 36.0 Å². The molecule has 0 saturated heterocycles. The Morgan fingerprint density at radius 1 is 0.500 bits per heavy atom. The fraction of sp³-hybridized carbons (Fsp3) is 0.406. The van der Waals surface area contributed by atoms with Crippen LogP contribution in [0, 0.1) is 5.41 Å². The number of benzene rings is 3. The molecule has 6 rings (SSSR count). The van der Waals surface area contributed by atoms with Crippen molar-refractivity contribution in [3.63, 3.8) is 0 Å². The molecule has 3 aliphatic rings. The van der Waals surface area contributed by atoms with E-state index in [2.05, 4.69) is 0 Å². The van der Waals surface area contributed by atoms with Crippen LogP contribution in [-0.4, -0.2) is 31.2 Å². The maximum atomic E-state index is 14.5. The third kappa shape index (κ3) is 5.58. The van der Waals surface area contributed by atoms with Gasteiger partial charge >= 0.3 is 0 Å². The first-order valence-electron chi connectivity index (χ1n) is 15.0. The van der Waals surface area contributed by atoms with E-state index >= 15 is 0 Å². The van der Waals surface area contributed by atoms with Crippen LogP contribution in [-0.2, 0) is 68.4 Å². The Balaban J connectivity index is 1.53. The number of rotatable bonds is 13. The Labute approximate surface area is 269 Å². The lowest BCUT2D eigenvalue weighted by Gasteiger charge is -2.52. The second-order valence-electron chi connectivity index (χ2n) is 13.4. The van der Waals surface area contributed by atoms with Gasteiger partial charge in [0.15, 0.2) is 0 Å². The number of hydrogen-bond donors (Lipinski definition) is 4. The van der Waals surface area contributed by atoms with E-state index in [4.69, 9.17) is 21.2 Å². The number of amides is 1. The molecule has 246 valence electrons. The van der Waals surface area contributed by atoms with E-state index in [1.54, 1.807) is 36.4 Å². The van der Waals surface area contributed by atoms with Crippen LogP contribution >= 0.6 is 0 Å². The highest BCUT2D eigenvalue weighted by Crippen LogP contribution is 2.82. The molecule has 0 heterocycles. The fourth-order valence-corrected chi connectivity index (χ4v) is 10.5. The highest BCUT2D eigenvalue weighted by atomic mass is 32.2. The number of carbonyl (C=O) groups is 1. The average Bonchev–Trinajstić information content (AvgIpc) is 3.80. The predicted molar refractivity (Wildman–Crippen MR) is 174 cm³/mol. The molecule has 0 unspecified atom stereocenters. The maximum absolute atomic E-state index is 14.5. The third-order valence-electron chi connectivity index (χ3n) is 10.4. The van der Waals surface area contributed by atoms with Crippen molar-refractivity contribution in [1.29, 1.82) is 0 Å². The minimum Gasteiger partial charge on any atom is -0.369 e. The van der Waals surface area contributed by atoms with Crippen molar-refractivity contribution in [3.8, 4) is 0 Å². The summed E-state index contributed by atoms with van der Waals surface area (Å²) in [4.78, 5) is 14.5. The van der Waals surface area contributed by atoms with Crippen molar-refractivity contribution in [2.24, 2.45) is 26.6 Å². The van der Waals surface area contributed by atoms with Crippen molar-refractivity contribution in [1.82, 2.24) is 0 Å². The fourth-order valence-electron chi connectivity index (χ4n) is 8.55. The van der Waals surface area contributed by atoms with Gasteiger partial charge < -0.3 is 5.73 Å². The van der Waals surface area contributed by atoms with Crippen LogP contribution in [0.4, 0.5) is 0 Å². The number of hydrogen-bond acceptors (Lipinski definition) is 7. The van der Waals surface area contributed by atoms with Crippen molar-refractivity contribution in [2.45, 2.75) is 72.0 Å². The standard InChI is InChI=1S/C32H38N4O7S3/c33-28(37)32(29(13-14-29)25-7-1-22(2-8-25)19-44(34,38)39,30(15-16-30)26-9-3-23(4-10-26)20-45(35,40)41)31(17-18-31)27-11-5-24(6-12-27)21-46(36,42)43/h1-12H,13-21H2,(H2,33,37)(H2,34,38,39)(H2,35,40,41)(H2,36,42,43). The van der Waals surface area contributed by atoms with Gasteiger partial charge in [-0.2, -0.15) is 0 Å². The summed E-state index contributed by atoms with van der Waals surface area (Å²) < 4.78 is 70.6. The second kappa shape index (κ2) is 10.7. The van der Waals surface area contributed by atoms with Gasteiger partial charge in [0.05, 0.1) is 22.7 Å². The van der Waals surface area contributed by atoms with Gasteiger partial charge in [-0.3, -0.25) is 4.79 Å². The van der Waals surface area contributed by atoms with Gasteiger partial charge in [-0.05, 0) is 71.9 Å². The van der Waals surface area contributed by atoms with Crippen LogP contribution in [0.3, 0.4) is 0 Å². The van der Waals surface area contributed by atoms with Crippen LogP contribution in [0.15, 0.2) is 72.8 Å². The van der Waals surface area contributed by atoms with Gasteiger partial charge in [-0.1, -0.05) is 72.8 Å². The topological polar surface area (TPSA) is 224 Å². The minimum atomic E-state index is -3.75. The van der Waals surface area contributed by atoms with Crippen molar-refractivity contribution in [2.75, 3.05) is 0 Å². The van der Waals surface area contributed by atoms with Crippen LogP contribution in [0.2, 0.25) is 0 Å². The molecule has 8 N–H and O–H groups in total. The van der Waals surface area contributed by atoms with Gasteiger partial charge in [0, 0.05) is 16.2 Å². The average molecular weight is 687 g/mol. The van der Waals surface area contributed by atoms with Crippen LogP contribution in [0.5, 0.6) is 0 Å². The lowest BCUT2D eigenvalue weighted by atomic mass is 9.48. The normalized spacial score (nSPS) is 19.7. The van der Waals surface area contributed by atoms with E-state index in [0.717, 1.165) is 16.7 Å². The number of primary amides is 1. The van der Waals surface area contributed by atoms with E-state index in [1.165, 1.54) is 0 Å². The quantitative estimate of drug-likeness (QED) is 0.209. The zero-order chi connectivity index (χ0) is 33.4. The summed E-state index contributed by atoms with van der Waals surface area (Å²) in [5, 5.41) is 15.9. The Morgan fingerprint density at radius 2 is 0.717 bits per heavy atom. The van der Waals surface area contributed by atoms with Gasteiger partial charge in [0.25, 0.3) is 0 Å². The Kier molecular flexibility index (Phi) is 7.62. The zero-order valence-electron chi connectivity index (χ0n) is 25.2. The minimum absolute atomic E-state index is 0.315. The van der Waals surface area contributed by atoms with Crippen molar-refractivity contribution < 1.29 is 30.0 Å². The van der Waals surface area contributed by atoms with Gasteiger partial charge in [0.2, 0.25) is 36.0 Å². The highest BCUT2D eigenvalue weighted by molar-refractivity contribution is 7.88. The maximum Gasteiger partial charge on any atom is 0.226 e. The molecule has 0 atom stereocenters. The molecule has 11 nitrogen and oxygen atoms in total. The molecule has 14 heteroatoms. The monoisotopic (exact) mass is 686 g/mol. The van der Waals surface area contributed by atoms with E-state index < -0.39 is 57.6 Å². The number of sulfonamides is 3. The molecule has 3 saturated carbocycles. The third-order valence-corrected chi connectivity index (χ3v) is 12.6. The Hall–Kier alpha value is -3.14. The molecular weight excluding hydrogens is 649 g/mol. The highest BCUT2D eigenvalue weighted by Gasteiger charge is 2.84. The SMILES string of the molecule is NC(=O)C(C1(c2ccc(CS(N)(=O)=O)cc2)CC1)(C1(c2ccc(CS(N)(=O)=O)cc2)CC1)C1(c2ccc(CS(N)(=O)=O)cc2)CC1. The van der Waals surface area contributed by atoms with E-state index in [-0.39, 0.29) is 17.3 Å². The first-order valence-corrected chi connectivity index (χ1v) is 20.1. The van der Waals surface area contributed by atoms with Gasteiger partial charge in [0.1, 0.15) is 0 Å². The van der Waals surface area contributed by atoms with Crippen LogP contribution in [0.1, 0.15) is 71.9 Å². The smallest absolute Gasteiger partial charge is 0.226 e.